The molecule has 3 nitrogen and oxygen atoms in total. The lowest BCUT2D eigenvalue weighted by Gasteiger charge is -2.23. The molecule has 0 saturated carbocycles. The maximum Gasteiger partial charge on any atom is 0.167 e. The van der Waals surface area contributed by atoms with Gasteiger partial charge in [0.1, 0.15) is 0 Å². The molecule has 0 radical (unpaired) electrons. The molecule has 1 atom stereocenters. The number of halogens is 1. The van der Waals surface area contributed by atoms with E-state index in [1.54, 1.807) is 6.20 Å². The van der Waals surface area contributed by atoms with Crippen LogP contribution in [0.25, 0.3) is 0 Å². The molecule has 0 amide bonds. The molecule has 14 heavy (non-hydrogen) atoms. The number of aromatic nitrogens is 1. The zero-order valence-electron chi connectivity index (χ0n) is 8.20. The molecule has 1 aromatic rings. The smallest absolute Gasteiger partial charge is 0.167 e. The van der Waals surface area contributed by atoms with Crippen LogP contribution < -0.4 is 10.6 Å². The highest BCUT2D eigenvalue weighted by atomic mass is 19.1. The summed E-state index contributed by atoms with van der Waals surface area (Å²) >= 11 is 0. The fraction of sp³-hybridized carbons (Fsp3) is 0.500. The Bertz CT molecular complexity index is 340. The summed E-state index contributed by atoms with van der Waals surface area (Å²) in [6.45, 7) is 3.12. The molecule has 2 heterocycles. The van der Waals surface area contributed by atoms with Crippen molar-refractivity contribution in [2.45, 2.75) is 25.8 Å². The van der Waals surface area contributed by atoms with Crippen LogP contribution in [0.2, 0.25) is 0 Å². The second kappa shape index (κ2) is 3.44. The third kappa shape index (κ3) is 1.52. The molecular formula is C10H14FN3. The Morgan fingerprint density at radius 2 is 2.43 bits per heavy atom. The van der Waals surface area contributed by atoms with Gasteiger partial charge in [0.2, 0.25) is 0 Å². The van der Waals surface area contributed by atoms with Gasteiger partial charge in [-0.1, -0.05) is 0 Å². The molecule has 1 fully saturated rings. The van der Waals surface area contributed by atoms with Crippen LogP contribution in [0.4, 0.5) is 15.9 Å². The zero-order valence-corrected chi connectivity index (χ0v) is 8.20. The van der Waals surface area contributed by atoms with Crippen LogP contribution in [0.5, 0.6) is 0 Å². The number of anilines is 2. The molecule has 0 spiro atoms. The monoisotopic (exact) mass is 195 g/mol. The van der Waals surface area contributed by atoms with E-state index in [9.17, 15) is 4.39 Å². The fourth-order valence-electron chi connectivity index (χ4n) is 1.91. The van der Waals surface area contributed by atoms with Crippen molar-refractivity contribution in [3.8, 4) is 0 Å². The van der Waals surface area contributed by atoms with Crippen LogP contribution in [0.15, 0.2) is 12.3 Å². The van der Waals surface area contributed by atoms with Gasteiger partial charge in [0.05, 0.1) is 11.9 Å². The van der Waals surface area contributed by atoms with Crippen molar-refractivity contribution in [1.82, 2.24) is 4.98 Å². The van der Waals surface area contributed by atoms with Crippen molar-refractivity contribution in [2.24, 2.45) is 0 Å². The van der Waals surface area contributed by atoms with Gasteiger partial charge in [-0.3, -0.25) is 0 Å². The molecule has 2 N–H and O–H groups in total. The number of nitrogen functional groups attached to an aromatic ring is 1. The first kappa shape index (κ1) is 9.24. The standard InChI is InChI=1S/C10H14FN3/c1-7-3-2-4-14(7)8-5-9(11)10(12)13-6-8/h5-7H,2-4H2,1H3,(H2,12,13). The first-order chi connectivity index (χ1) is 6.68. The average molecular weight is 195 g/mol. The van der Waals surface area contributed by atoms with Gasteiger partial charge in [0.15, 0.2) is 11.6 Å². The van der Waals surface area contributed by atoms with Crippen molar-refractivity contribution in [2.75, 3.05) is 17.2 Å². The Morgan fingerprint density at radius 3 is 3.00 bits per heavy atom. The summed E-state index contributed by atoms with van der Waals surface area (Å²) < 4.78 is 13.1. The lowest BCUT2D eigenvalue weighted by Crippen LogP contribution is -2.26. The van der Waals surface area contributed by atoms with Crippen molar-refractivity contribution in [1.29, 1.82) is 0 Å². The van der Waals surface area contributed by atoms with Crippen LogP contribution in [-0.4, -0.2) is 17.6 Å². The van der Waals surface area contributed by atoms with Gasteiger partial charge in [0.25, 0.3) is 0 Å². The molecule has 1 aliphatic heterocycles. The highest BCUT2D eigenvalue weighted by Crippen LogP contribution is 2.25. The van der Waals surface area contributed by atoms with Crippen LogP contribution in [0.3, 0.4) is 0 Å². The highest BCUT2D eigenvalue weighted by molar-refractivity contribution is 5.50. The summed E-state index contributed by atoms with van der Waals surface area (Å²) in [6, 6.07) is 1.93. The molecule has 2 rings (SSSR count). The van der Waals surface area contributed by atoms with E-state index in [0.29, 0.717) is 6.04 Å². The molecule has 4 heteroatoms. The van der Waals surface area contributed by atoms with Gasteiger partial charge in [-0.15, -0.1) is 0 Å². The Kier molecular flexibility index (Phi) is 2.27. The topological polar surface area (TPSA) is 42.2 Å². The minimum atomic E-state index is -0.429. The molecule has 0 aromatic carbocycles. The Hall–Kier alpha value is -1.32. The predicted octanol–water partition coefficient (Wildman–Crippen LogP) is 1.79. The van der Waals surface area contributed by atoms with Crippen molar-refractivity contribution < 1.29 is 4.39 Å². The lowest BCUT2D eigenvalue weighted by molar-refractivity contribution is 0.625. The van der Waals surface area contributed by atoms with E-state index in [0.717, 1.165) is 25.1 Å². The summed E-state index contributed by atoms with van der Waals surface area (Å²) in [7, 11) is 0. The molecule has 0 bridgehead atoms. The molecule has 0 aliphatic carbocycles. The van der Waals surface area contributed by atoms with Gasteiger partial charge in [0, 0.05) is 18.7 Å². The largest absolute Gasteiger partial charge is 0.381 e. The van der Waals surface area contributed by atoms with E-state index >= 15 is 0 Å². The SMILES string of the molecule is CC1CCCN1c1cnc(N)c(F)c1. The van der Waals surface area contributed by atoms with Crippen molar-refractivity contribution in [3.63, 3.8) is 0 Å². The van der Waals surface area contributed by atoms with E-state index in [4.69, 9.17) is 5.73 Å². The van der Waals surface area contributed by atoms with Crippen molar-refractivity contribution >= 4 is 11.5 Å². The summed E-state index contributed by atoms with van der Waals surface area (Å²) in [5, 5.41) is 0. The zero-order chi connectivity index (χ0) is 10.1. The number of hydrogen-bond donors (Lipinski definition) is 1. The predicted molar refractivity (Wildman–Crippen MR) is 54.6 cm³/mol. The van der Waals surface area contributed by atoms with Gasteiger partial charge in [-0.2, -0.15) is 0 Å². The third-order valence-corrected chi connectivity index (χ3v) is 2.74. The van der Waals surface area contributed by atoms with Crippen LogP contribution in [-0.2, 0) is 0 Å². The molecule has 1 saturated heterocycles. The van der Waals surface area contributed by atoms with Gasteiger partial charge < -0.3 is 10.6 Å². The van der Waals surface area contributed by atoms with Crippen LogP contribution >= 0.6 is 0 Å². The average Bonchev–Trinajstić information content (AvgIpc) is 2.57. The Morgan fingerprint density at radius 1 is 1.64 bits per heavy atom. The second-order valence-electron chi connectivity index (χ2n) is 3.75. The molecule has 1 aliphatic rings. The lowest BCUT2D eigenvalue weighted by atomic mass is 10.2. The molecule has 1 unspecified atom stereocenters. The number of rotatable bonds is 1. The summed E-state index contributed by atoms with van der Waals surface area (Å²) in [5.41, 5.74) is 6.15. The van der Waals surface area contributed by atoms with E-state index in [1.165, 1.54) is 6.07 Å². The normalized spacial score (nSPS) is 21.6. The van der Waals surface area contributed by atoms with Crippen LogP contribution in [0.1, 0.15) is 19.8 Å². The van der Waals surface area contributed by atoms with Gasteiger partial charge >= 0.3 is 0 Å². The number of nitrogens with two attached hydrogens (primary N) is 1. The van der Waals surface area contributed by atoms with E-state index in [-0.39, 0.29) is 5.82 Å². The third-order valence-electron chi connectivity index (χ3n) is 2.74. The quantitative estimate of drug-likeness (QED) is 0.742. The maximum atomic E-state index is 13.1. The fourth-order valence-corrected chi connectivity index (χ4v) is 1.91. The Balaban J connectivity index is 2.28. The highest BCUT2D eigenvalue weighted by Gasteiger charge is 2.21. The van der Waals surface area contributed by atoms with E-state index in [2.05, 4.69) is 16.8 Å². The maximum absolute atomic E-state index is 13.1. The summed E-state index contributed by atoms with van der Waals surface area (Å²) in [4.78, 5) is 5.98. The van der Waals surface area contributed by atoms with Crippen molar-refractivity contribution in [3.05, 3.63) is 18.1 Å². The van der Waals surface area contributed by atoms with Gasteiger partial charge in [-0.05, 0) is 19.8 Å². The van der Waals surface area contributed by atoms with E-state index in [1.807, 2.05) is 0 Å². The number of pyridine rings is 1. The first-order valence-corrected chi connectivity index (χ1v) is 4.86. The van der Waals surface area contributed by atoms with Gasteiger partial charge in [-0.25, -0.2) is 9.37 Å². The summed E-state index contributed by atoms with van der Waals surface area (Å²) in [6.07, 6.45) is 3.96. The van der Waals surface area contributed by atoms with Crippen LogP contribution in [0, 0.1) is 5.82 Å². The molecular weight excluding hydrogens is 181 g/mol. The first-order valence-electron chi connectivity index (χ1n) is 4.86. The minimum absolute atomic E-state index is 0.0272. The minimum Gasteiger partial charge on any atom is -0.381 e. The molecule has 76 valence electrons. The Labute approximate surface area is 82.7 Å². The number of nitrogens with zero attached hydrogens (tertiary/aromatic N) is 2. The summed E-state index contributed by atoms with van der Waals surface area (Å²) in [5.74, 6) is -0.456. The molecule has 1 aromatic heterocycles. The van der Waals surface area contributed by atoms with E-state index < -0.39 is 5.82 Å². The number of hydrogen-bond acceptors (Lipinski definition) is 3. The second-order valence-corrected chi connectivity index (χ2v) is 3.75.